The van der Waals surface area contributed by atoms with Crippen molar-refractivity contribution in [2.24, 2.45) is 7.05 Å². The maximum absolute atomic E-state index is 12.1. The van der Waals surface area contributed by atoms with E-state index in [1.165, 1.54) is 4.68 Å². The normalized spacial score (nSPS) is 17.5. The van der Waals surface area contributed by atoms with Crippen molar-refractivity contribution in [3.05, 3.63) is 34.5 Å². The van der Waals surface area contributed by atoms with Crippen LogP contribution in [0.5, 0.6) is 0 Å². The van der Waals surface area contributed by atoms with Gasteiger partial charge in [-0.1, -0.05) is 6.07 Å². The second-order valence-electron chi connectivity index (χ2n) is 4.60. The molecule has 18 heavy (non-hydrogen) atoms. The number of fused-ring (bicyclic) bond motifs is 3. The first-order valence-corrected chi connectivity index (χ1v) is 5.80. The third-order valence-corrected chi connectivity index (χ3v) is 3.54. The van der Waals surface area contributed by atoms with Gasteiger partial charge in [0.1, 0.15) is 0 Å². The molecule has 2 heterocycles. The molecule has 94 valence electrons. The van der Waals surface area contributed by atoms with Gasteiger partial charge in [-0.3, -0.25) is 0 Å². The molecule has 1 aromatic heterocycles. The summed E-state index contributed by atoms with van der Waals surface area (Å²) in [7, 11) is 3.62. The summed E-state index contributed by atoms with van der Waals surface area (Å²) >= 11 is 0. The van der Waals surface area contributed by atoms with Crippen LogP contribution >= 0.6 is 0 Å². The Labute approximate surface area is 104 Å². The number of hydrogen-bond acceptors (Lipinski definition) is 4. The molecule has 0 radical (unpaired) electrons. The van der Waals surface area contributed by atoms with Crippen molar-refractivity contribution in [3.8, 4) is 5.69 Å². The molecule has 0 aliphatic carbocycles. The fourth-order valence-corrected chi connectivity index (χ4v) is 2.46. The molecule has 3 rings (SSSR count). The smallest absolute Gasteiger partial charge is 0.350 e. The van der Waals surface area contributed by atoms with Gasteiger partial charge in [0.2, 0.25) is 0 Å². The highest BCUT2D eigenvalue weighted by Crippen LogP contribution is 2.38. The quantitative estimate of drug-likeness (QED) is 0.692. The molecule has 0 fully saturated rings. The molecule has 0 amide bonds. The van der Waals surface area contributed by atoms with Crippen molar-refractivity contribution in [1.82, 2.24) is 14.3 Å². The molecule has 0 saturated heterocycles. The number of para-hydroxylation sites is 1. The van der Waals surface area contributed by atoms with Crippen molar-refractivity contribution in [2.75, 3.05) is 17.7 Å². The lowest BCUT2D eigenvalue weighted by atomic mass is 10.1. The average molecular weight is 245 g/mol. The van der Waals surface area contributed by atoms with Crippen LogP contribution in [0.3, 0.4) is 0 Å². The Morgan fingerprint density at radius 1 is 1.33 bits per heavy atom. The van der Waals surface area contributed by atoms with Crippen LogP contribution < -0.4 is 16.3 Å². The summed E-state index contributed by atoms with van der Waals surface area (Å²) in [4.78, 5) is 14.2. The molecule has 2 N–H and O–H groups in total. The van der Waals surface area contributed by atoms with Gasteiger partial charge in [0.05, 0.1) is 23.1 Å². The fourth-order valence-electron chi connectivity index (χ4n) is 2.46. The molecule has 0 bridgehead atoms. The Hall–Kier alpha value is -2.24. The molecule has 1 aliphatic rings. The fraction of sp³-hybridized carbons (Fsp3) is 0.333. The minimum Gasteiger partial charge on any atom is -0.397 e. The number of nitrogen functional groups attached to an aromatic ring is 1. The first-order chi connectivity index (χ1) is 8.52. The summed E-state index contributed by atoms with van der Waals surface area (Å²) in [6, 6.07) is 5.59. The van der Waals surface area contributed by atoms with E-state index in [4.69, 9.17) is 5.73 Å². The molecular formula is C12H15N5O. The molecule has 0 saturated carbocycles. The Morgan fingerprint density at radius 3 is 2.78 bits per heavy atom. The molecule has 6 heteroatoms. The summed E-state index contributed by atoms with van der Waals surface area (Å²) in [5, 5.41) is 4.30. The Morgan fingerprint density at radius 2 is 2.06 bits per heavy atom. The van der Waals surface area contributed by atoms with Gasteiger partial charge in [-0.05, 0) is 19.1 Å². The molecule has 6 nitrogen and oxygen atoms in total. The van der Waals surface area contributed by atoms with E-state index < -0.39 is 0 Å². The van der Waals surface area contributed by atoms with E-state index in [0.29, 0.717) is 5.69 Å². The SMILES string of the molecule is CC1c2nn(C)c(=O)n2-c2cccc(N)c2N1C. The van der Waals surface area contributed by atoms with Crippen LogP contribution in [0.1, 0.15) is 18.8 Å². The highest BCUT2D eigenvalue weighted by Gasteiger charge is 2.31. The topological polar surface area (TPSA) is 69.1 Å². The standard InChI is InChI=1S/C12H15N5O/c1-7-11-14-16(3)12(18)17(11)9-6-4-5-8(13)10(9)15(7)2/h4-7H,13H2,1-3H3. The second-order valence-corrected chi connectivity index (χ2v) is 4.60. The van der Waals surface area contributed by atoms with Gasteiger partial charge in [-0.25, -0.2) is 14.0 Å². The number of benzene rings is 1. The van der Waals surface area contributed by atoms with E-state index in [0.717, 1.165) is 17.2 Å². The third kappa shape index (κ3) is 1.17. The minimum atomic E-state index is -0.142. The number of rotatable bonds is 0. The average Bonchev–Trinajstić information content (AvgIpc) is 2.63. The predicted octanol–water partition coefficient (Wildman–Crippen LogP) is 0.664. The zero-order valence-electron chi connectivity index (χ0n) is 10.6. The molecule has 1 aromatic carbocycles. The summed E-state index contributed by atoms with van der Waals surface area (Å²) < 4.78 is 2.99. The van der Waals surface area contributed by atoms with Crippen molar-refractivity contribution < 1.29 is 0 Å². The minimum absolute atomic E-state index is 0.0103. The van der Waals surface area contributed by atoms with Gasteiger partial charge in [0.15, 0.2) is 5.82 Å². The van der Waals surface area contributed by atoms with E-state index in [1.54, 1.807) is 11.6 Å². The van der Waals surface area contributed by atoms with Crippen LogP contribution in [0, 0.1) is 0 Å². The van der Waals surface area contributed by atoms with Crippen molar-refractivity contribution >= 4 is 11.4 Å². The molecule has 0 spiro atoms. The zero-order chi connectivity index (χ0) is 13.0. The van der Waals surface area contributed by atoms with Gasteiger partial charge in [-0.2, -0.15) is 5.10 Å². The van der Waals surface area contributed by atoms with Gasteiger partial charge in [0.25, 0.3) is 0 Å². The van der Waals surface area contributed by atoms with E-state index >= 15 is 0 Å². The first-order valence-electron chi connectivity index (χ1n) is 5.80. The van der Waals surface area contributed by atoms with Gasteiger partial charge < -0.3 is 10.6 Å². The number of nitrogens with zero attached hydrogens (tertiary/aromatic N) is 4. The van der Waals surface area contributed by atoms with Crippen LogP contribution in [0.25, 0.3) is 5.69 Å². The predicted molar refractivity (Wildman–Crippen MR) is 70.0 cm³/mol. The van der Waals surface area contributed by atoms with E-state index in [2.05, 4.69) is 5.10 Å². The maximum atomic E-state index is 12.1. The number of hydrogen-bond donors (Lipinski definition) is 1. The van der Waals surface area contributed by atoms with Crippen LogP contribution in [0.4, 0.5) is 11.4 Å². The van der Waals surface area contributed by atoms with Crippen LogP contribution in [-0.4, -0.2) is 21.4 Å². The van der Waals surface area contributed by atoms with E-state index in [9.17, 15) is 4.79 Å². The van der Waals surface area contributed by atoms with E-state index in [1.807, 2.05) is 37.1 Å². The summed E-state index contributed by atoms with van der Waals surface area (Å²) in [5.74, 6) is 0.739. The summed E-state index contributed by atoms with van der Waals surface area (Å²) in [6.07, 6.45) is 0. The maximum Gasteiger partial charge on any atom is 0.350 e. The molecule has 1 aliphatic heterocycles. The molecule has 1 atom stereocenters. The number of aromatic nitrogens is 3. The largest absolute Gasteiger partial charge is 0.397 e. The lowest BCUT2D eigenvalue weighted by molar-refractivity contribution is 0.633. The van der Waals surface area contributed by atoms with Gasteiger partial charge in [-0.15, -0.1) is 0 Å². The number of aryl methyl sites for hydroxylation is 1. The van der Waals surface area contributed by atoms with E-state index in [-0.39, 0.29) is 11.7 Å². The summed E-state index contributed by atoms with van der Waals surface area (Å²) in [5.41, 5.74) is 8.23. The highest BCUT2D eigenvalue weighted by atomic mass is 16.2. The van der Waals surface area contributed by atoms with Crippen LogP contribution in [0.15, 0.2) is 23.0 Å². The third-order valence-electron chi connectivity index (χ3n) is 3.54. The first kappa shape index (κ1) is 10.9. The van der Waals surface area contributed by atoms with Gasteiger partial charge >= 0.3 is 5.69 Å². The van der Waals surface area contributed by atoms with Crippen LogP contribution in [-0.2, 0) is 7.05 Å². The number of anilines is 2. The Bertz CT molecular complexity index is 684. The highest BCUT2D eigenvalue weighted by molar-refractivity contribution is 5.79. The lowest BCUT2D eigenvalue weighted by Crippen LogP contribution is -2.34. The molecule has 1 unspecified atom stereocenters. The van der Waals surface area contributed by atoms with Gasteiger partial charge in [0, 0.05) is 14.1 Å². The molecular weight excluding hydrogens is 230 g/mol. The Kier molecular flexibility index (Phi) is 2.04. The second kappa shape index (κ2) is 3.38. The summed E-state index contributed by atoms with van der Waals surface area (Å²) in [6.45, 7) is 2.01. The van der Waals surface area contributed by atoms with Crippen molar-refractivity contribution in [2.45, 2.75) is 13.0 Å². The molecule has 2 aromatic rings. The monoisotopic (exact) mass is 245 g/mol. The van der Waals surface area contributed by atoms with Crippen molar-refractivity contribution in [1.29, 1.82) is 0 Å². The zero-order valence-corrected chi connectivity index (χ0v) is 10.6. The van der Waals surface area contributed by atoms with Crippen LogP contribution in [0.2, 0.25) is 0 Å². The van der Waals surface area contributed by atoms with Crippen molar-refractivity contribution in [3.63, 3.8) is 0 Å². The Balaban J connectivity index is 2.44. The lowest BCUT2D eigenvalue weighted by Gasteiger charge is -2.33. The number of nitrogens with two attached hydrogens (primary N) is 1.